The second kappa shape index (κ2) is 15.1. The summed E-state index contributed by atoms with van der Waals surface area (Å²) in [6.07, 6.45) is 0. The monoisotopic (exact) mass is 890 g/mol. The van der Waals surface area contributed by atoms with Gasteiger partial charge in [0, 0.05) is 65.8 Å². The average Bonchev–Trinajstić information content (AvgIpc) is 4.17. The Kier molecular flexibility index (Phi) is 8.33. The van der Waals surface area contributed by atoms with Gasteiger partial charge in [0.2, 0.25) is 0 Å². The molecular formula is C66H42N4. The number of anilines is 6. The molecule has 15 aromatic rings. The Balaban J connectivity index is 0.939. The zero-order valence-corrected chi connectivity index (χ0v) is 38.0. The van der Waals surface area contributed by atoms with Crippen LogP contribution in [-0.2, 0) is 0 Å². The number of benzene rings is 11. The second-order valence-corrected chi connectivity index (χ2v) is 18.5. The van der Waals surface area contributed by atoms with Gasteiger partial charge in [0.05, 0.1) is 44.5 Å². The van der Waals surface area contributed by atoms with Gasteiger partial charge in [-0.1, -0.05) is 170 Å². The molecule has 0 aliphatic rings. The predicted octanol–water partition coefficient (Wildman–Crippen LogP) is 18.3. The van der Waals surface area contributed by atoms with E-state index in [1.807, 2.05) is 0 Å². The van der Waals surface area contributed by atoms with Crippen LogP contribution in [0.5, 0.6) is 0 Å². The maximum atomic E-state index is 2.53. The molecule has 15 rings (SSSR count). The smallest absolute Gasteiger partial charge is 0.0621 e. The highest BCUT2D eigenvalue weighted by Crippen LogP contribution is 2.50. The molecule has 0 N–H and O–H groups in total. The molecule has 0 atom stereocenters. The molecule has 0 fully saturated rings. The van der Waals surface area contributed by atoms with Crippen LogP contribution >= 0.6 is 0 Å². The van der Waals surface area contributed by atoms with Crippen LogP contribution in [0.4, 0.5) is 34.1 Å². The van der Waals surface area contributed by atoms with Gasteiger partial charge >= 0.3 is 0 Å². The summed E-state index contributed by atoms with van der Waals surface area (Å²) >= 11 is 0. The lowest BCUT2D eigenvalue weighted by Gasteiger charge is -2.26. The van der Waals surface area contributed by atoms with Crippen LogP contribution in [-0.4, -0.2) is 8.80 Å². The topological polar surface area (TPSA) is 15.3 Å². The van der Waals surface area contributed by atoms with Crippen molar-refractivity contribution in [3.8, 4) is 22.3 Å². The highest BCUT2D eigenvalue weighted by Gasteiger charge is 2.27. The number of fused-ring (bicyclic) bond motifs is 12. The molecule has 0 aliphatic carbocycles. The highest BCUT2D eigenvalue weighted by molar-refractivity contribution is 6.31. The van der Waals surface area contributed by atoms with E-state index in [-0.39, 0.29) is 0 Å². The van der Waals surface area contributed by atoms with Crippen molar-refractivity contribution in [2.24, 2.45) is 0 Å². The van der Waals surface area contributed by atoms with E-state index in [9.17, 15) is 0 Å². The number of hydrogen-bond donors (Lipinski definition) is 0. The summed E-state index contributed by atoms with van der Waals surface area (Å²) in [7, 11) is 0. The van der Waals surface area contributed by atoms with Gasteiger partial charge in [-0.05, 0) is 107 Å². The normalized spacial score (nSPS) is 12.0. The largest absolute Gasteiger partial charge is 0.310 e. The van der Waals surface area contributed by atoms with Gasteiger partial charge in [-0.3, -0.25) is 0 Å². The minimum Gasteiger partial charge on any atom is -0.310 e. The lowest BCUT2D eigenvalue weighted by molar-refractivity contribution is 1.29. The molecule has 4 nitrogen and oxygen atoms in total. The Morgan fingerprint density at radius 3 is 0.957 bits per heavy atom. The van der Waals surface area contributed by atoms with Gasteiger partial charge < -0.3 is 18.6 Å². The number of para-hydroxylation sites is 4. The van der Waals surface area contributed by atoms with E-state index in [2.05, 4.69) is 273 Å². The first-order valence-electron chi connectivity index (χ1n) is 24.1. The van der Waals surface area contributed by atoms with Gasteiger partial charge in [-0.15, -0.1) is 0 Å². The lowest BCUT2D eigenvalue weighted by atomic mass is 10.0. The van der Waals surface area contributed by atoms with Crippen LogP contribution in [0.3, 0.4) is 0 Å². The molecule has 4 heterocycles. The van der Waals surface area contributed by atoms with E-state index in [1.54, 1.807) is 0 Å². The standard InChI is InChI=1S/C66H42N4/c1-5-17-43(18-6-1)45-33-37-49(38-34-45)67(47-21-9-3-10-22-47)57-29-15-31-59-63(57)53-27-13-25-51-55-42-62-56(41-61(55)69(59)65(51)53)52-26-14-28-54-64-58(30-16-32-60(64)70(62)66(52)54)68(48-23-11-4-12-24-48)50-39-35-46(36-40-50)44-19-7-2-8-20-44/h1-42H. The first-order chi connectivity index (χ1) is 34.8. The van der Waals surface area contributed by atoms with E-state index in [0.29, 0.717) is 0 Å². The summed E-state index contributed by atoms with van der Waals surface area (Å²) in [5.74, 6) is 0. The molecular weight excluding hydrogens is 849 g/mol. The van der Waals surface area contributed by atoms with Crippen molar-refractivity contribution in [3.63, 3.8) is 0 Å². The van der Waals surface area contributed by atoms with Crippen molar-refractivity contribution in [3.05, 3.63) is 255 Å². The minimum absolute atomic E-state index is 1.11. The molecule has 0 saturated carbocycles. The molecule has 4 aromatic heterocycles. The molecule has 0 radical (unpaired) electrons. The van der Waals surface area contributed by atoms with Gasteiger partial charge in [0.1, 0.15) is 0 Å². The molecule has 0 aliphatic heterocycles. The number of aromatic nitrogens is 2. The Labute approximate surface area is 404 Å². The third kappa shape index (κ3) is 5.59. The third-order valence-electron chi connectivity index (χ3n) is 14.7. The zero-order valence-electron chi connectivity index (χ0n) is 38.0. The van der Waals surface area contributed by atoms with Crippen molar-refractivity contribution in [1.82, 2.24) is 8.80 Å². The summed E-state index contributed by atoms with van der Waals surface area (Å²) < 4.78 is 5.07. The summed E-state index contributed by atoms with van der Waals surface area (Å²) in [5, 5.41) is 10.0. The van der Waals surface area contributed by atoms with E-state index in [1.165, 1.54) is 98.4 Å². The van der Waals surface area contributed by atoms with Crippen molar-refractivity contribution in [2.45, 2.75) is 0 Å². The molecule has 0 amide bonds. The third-order valence-corrected chi connectivity index (χ3v) is 14.7. The van der Waals surface area contributed by atoms with Crippen LogP contribution < -0.4 is 9.80 Å². The molecule has 0 unspecified atom stereocenters. The van der Waals surface area contributed by atoms with E-state index in [0.717, 1.165) is 34.1 Å². The van der Waals surface area contributed by atoms with Crippen molar-refractivity contribution >= 4 is 110 Å². The minimum atomic E-state index is 1.11. The van der Waals surface area contributed by atoms with Crippen molar-refractivity contribution in [2.75, 3.05) is 9.80 Å². The van der Waals surface area contributed by atoms with Crippen LogP contribution in [0.1, 0.15) is 0 Å². The van der Waals surface area contributed by atoms with E-state index in [4.69, 9.17) is 0 Å². The fourth-order valence-corrected chi connectivity index (χ4v) is 11.8. The fraction of sp³-hybridized carbons (Fsp3) is 0. The lowest BCUT2D eigenvalue weighted by Crippen LogP contribution is -2.10. The van der Waals surface area contributed by atoms with Gasteiger partial charge in [-0.2, -0.15) is 0 Å². The Hall–Kier alpha value is -9.38. The van der Waals surface area contributed by atoms with Crippen LogP contribution in [0.2, 0.25) is 0 Å². The number of hydrogen-bond acceptors (Lipinski definition) is 2. The summed E-state index contributed by atoms with van der Waals surface area (Å²) in [6, 6.07) is 93.1. The predicted molar refractivity (Wildman–Crippen MR) is 296 cm³/mol. The van der Waals surface area contributed by atoms with Gasteiger partial charge in [0.15, 0.2) is 0 Å². The average molecular weight is 891 g/mol. The number of nitrogens with zero attached hydrogens (tertiary/aromatic N) is 4. The molecule has 0 spiro atoms. The second-order valence-electron chi connectivity index (χ2n) is 18.5. The molecule has 0 bridgehead atoms. The molecule has 4 heteroatoms. The first kappa shape index (κ1) is 38.7. The molecule has 326 valence electrons. The maximum absolute atomic E-state index is 2.53. The number of rotatable bonds is 8. The SMILES string of the molecule is c1ccc(-c2ccc(N(c3ccccc3)c3cccc4c3c3cccc5c6cc7c(cc6n4c53)c3cccc4c5c(N(c6ccccc6)c6ccc(-c8ccccc8)cc6)cccc5n7c34)cc2)cc1. The van der Waals surface area contributed by atoms with E-state index < -0.39 is 0 Å². The summed E-state index contributed by atoms with van der Waals surface area (Å²) in [4.78, 5) is 4.84. The zero-order chi connectivity index (χ0) is 45.9. The molecule has 11 aromatic carbocycles. The van der Waals surface area contributed by atoms with E-state index >= 15 is 0 Å². The molecule has 70 heavy (non-hydrogen) atoms. The van der Waals surface area contributed by atoms with Gasteiger partial charge in [-0.25, -0.2) is 0 Å². The molecule has 0 saturated heterocycles. The Morgan fingerprint density at radius 2 is 0.557 bits per heavy atom. The van der Waals surface area contributed by atoms with Crippen LogP contribution in [0.25, 0.3) is 98.4 Å². The van der Waals surface area contributed by atoms with Crippen LogP contribution in [0.15, 0.2) is 255 Å². The van der Waals surface area contributed by atoms with Crippen LogP contribution in [0, 0.1) is 0 Å². The van der Waals surface area contributed by atoms with Crippen molar-refractivity contribution < 1.29 is 0 Å². The fourth-order valence-electron chi connectivity index (χ4n) is 11.8. The Bertz CT molecular complexity index is 4140. The summed E-state index contributed by atoms with van der Waals surface area (Å²) in [6.45, 7) is 0. The van der Waals surface area contributed by atoms with Gasteiger partial charge in [0.25, 0.3) is 0 Å². The summed E-state index contributed by atoms with van der Waals surface area (Å²) in [5.41, 5.74) is 18.9. The quantitative estimate of drug-likeness (QED) is 0.151. The van der Waals surface area contributed by atoms with Crippen molar-refractivity contribution in [1.29, 1.82) is 0 Å². The first-order valence-corrected chi connectivity index (χ1v) is 24.1. The maximum Gasteiger partial charge on any atom is 0.0621 e. The Morgan fingerprint density at radius 1 is 0.229 bits per heavy atom. The highest BCUT2D eigenvalue weighted by atomic mass is 15.2.